The summed E-state index contributed by atoms with van der Waals surface area (Å²) >= 11 is 0. The summed E-state index contributed by atoms with van der Waals surface area (Å²) < 4.78 is 5.62. The first-order valence-corrected chi connectivity index (χ1v) is 7.70. The van der Waals surface area contributed by atoms with Gasteiger partial charge >= 0.3 is 0 Å². The lowest BCUT2D eigenvalue weighted by Gasteiger charge is -2.26. The maximum atomic E-state index is 12.4. The molecule has 2 rings (SSSR count). The summed E-state index contributed by atoms with van der Waals surface area (Å²) in [5.41, 5.74) is 0. The maximum Gasteiger partial charge on any atom is 0.245 e. The summed E-state index contributed by atoms with van der Waals surface area (Å²) in [6.07, 6.45) is 1.35. The van der Waals surface area contributed by atoms with Crippen molar-refractivity contribution in [2.24, 2.45) is 5.92 Å². The molecular formula is C17H24N2O3. The lowest BCUT2D eigenvalue weighted by molar-refractivity contribution is -0.142. The number of carbonyl (C=O) groups excluding carboxylic acids is 2. The summed E-state index contributed by atoms with van der Waals surface area (Å²) in [6, 6.07) is 9.25. The van der Waals surface area contributed by atoms with Crippen LogP contribution in [-0.2, 0) is 9.59 Å². The average molecular weight is 304 g/mol. The van der Waals surface area contributed by atoms with E-state index in [1.165, 1.54) is 0 Å². The van der Waals surface area contributed by atoms with Crippen molar-refractivity contribution in [1.82, 2.24) is 9.80 Å². The van der Waals surface area contributed by atoms with Crippen LogP contribution in [0.2, 0.25) is 0 Å². The summed E-state index contributed by atoms with van der Waals surface area (Å²) in [6.45, 7) is 3.09. The predicted octanol–water partition coefficient (Wildman–Crippen LogP) is 1.78. The Morgan fingerprint density at radius 3 is 2.68 bits per heavy atom. The number of hydrogen-bond donors (Lipinski definition) is 0. The average Bonchev–Trinajstić information content (AvgIpc) is 2.86. The third-order valence-corrected chi connectivity index (χ3v) is 4.20. The minimum atomic E-state index is -0.310. The third kappa shape index (κ3) is 3.78. The van der Waals surface area contributed by atoms with E-state index in [4.69, 9.17) is 4.74 Å². The minimum Gasteiger partial charge on any atom is -0.494 e. The Labute approximate surface area is 131 Å². The lowest BCUT2D eigenvalue weighted by Crippen LogP contribution is -2.44. The van der Waals surface area contributed by atoms with Crippen LogP contribution in [0.15, 0.2) is 30.3 Å². The predicted molar refractivity (Wildman–Crippen MR) is 84.5 cm³/mol. The topological polar surface area (TPSA) is 49.9 Å². The second-order valence-corrected chi connectivity index (χ2v) is 5.86. The normalized spacial score (nSPS) is 19.1. The van der Waals surface area contributed by atoms with E-state index in [0.29, 0.717) is 26.0 Å². The highest BCUT2D eigenvalue weighted by Crippen LogP contribution is 2.18. The zero-order valence-electron chi connectivity index (χ0n) is 13.5. The fraction of sp³-hybridized carbons (Fsp3) is 0.529. The van der Waals surface area contributed by atoms with E-state index in [0.717, 1.165) is 5.75 Å². The number of likely N-dealkylation sites (N-methyl/N-ethyl adjacent to an activating group) is 2. The number of likely N-dealkylation sites (tertiary alicyclic amines) is 1. The van der Waals surface area contributed by atoms with Gasteiger partial charge in [-0.05, 0) is 25.0 Å². The van der Waals surface area contributed by atoms with Crippen molar-refractivity contribution >= 4 is 11.8 Å². The number of benzene rings is 1. The Bertz CT molecular complexity index is 518. The van der Waals surface area contributed by atoms with E-state index < -0.39 is 0 Å². The molecule has 1 heterocycles. The Hall–Kier alpha value is -2.04. The van der Waals surface area contributed by atoms with E-state index >= 15 is 0 Å². The van der Waals surface area contributed by atoms with Gasteiger partial charge in [0.05, 0.1) is 6.61 Å². The molecule has 0 aromatic heterocycles. The number of carbonyl (C=O) groups is 2. The van der Waals surface area contributed by atoms with Gasteiger partial charge in [0.15, 0.2) is 0 Å². The van der Waals surface area contributed by atoms with Crippen molar-refractivity contribution in [1.29, 1.82) is 0 Å². The smallest absolute Gasteiger partial charge is 0.245 e. The summed E-state index contributed by atoms with van der Waals surface area (Å²) in [7, 11) is 3.50. The molecule has 22 heavy (non-hydrogen) atoms. The fourth-order valence-electron chi connectivity index (χ4n) is 2.66. The zero-order valence-corrected chi connectivity index (χ0v) is 13.5. The Kier molecular flexibility index (Phi) is 5.41. The van der Waals surface area contributed by atoms with Gasteiger partial charge in [0.1, 0.15) is 11.8 Å². The number of ether oxygens (including phenoxy) is 1. The molecule has 0 radical (unpaired) electrons. The van der Waals surface area contributed by atoms with Crippen molar-refractivity contribution in [2.75, 3.05) is 27.2 Å². The van der Waals surface area contributed by atoms with E-state index in [1.54, 1.807) is 23.9 Å². The van der Waals surface area contributed by atoms with Gasteiger partial charge < -0.3 is 14.5 Å². The van der Waals surface area contributed by atoms with Crippen molar-refractivity contribution < 1.29 is 14.3 Å². The molecule has 5 heteroatoms. The van der Waals surface area contributed by atoms with Crippen LogP contribution in [0, 0.1) is 5.92 Å². The lowest BCUT2D eigenvalue weighted by atomic mass is 10.1. The first-order valence-electron chi connectivity index (χ1n) is 7.70. The van der Waals surface area contributed by atoms with Crippen LogP contribution in [0.25, 0.3) is 0 Å². The van der Waals surface area contributed by atoms with Gasteiger partial charge in [-0.3, -0.25) is 9.59 Å². The van der Waals surface area contributed by atoms with Crippen LogP contribution in [-0.4, -0.2) is 54.9 Å². The molecule has 0 bridgehead atoms. The molecule has 120 valence electrons. The van der Waals surface area contributed by atoms with Gasteiger partial charge in [-0.1, -0.05) is 25.1 Å². The largest absolute Gasteiger partial charge is 0.494 e. The highest BCUT2D eigenvalue weighted by Gasteiger charge is 2.35. The number of rotatable bonds is 6. The Morgan fingerprint density at radius 2 is 2.09 bits per heavy atom. The van der Waals surface area contributed by atoms with Crippen LogP contribution in [0.4, 0.5) is 0 Å². The first kappa shape index (κ1) is 16.3. The molecule has 1 aliphatic rings. The van der Waals surface area contributed by atoms with Gasteiger partial charge in [-0.15, -0.1) is 0 Å². The molecule has 0 saturated carbocycles. The molecule has 0 spiro atoms. The van der Waals surface area contributed by atoms with Crippen molar-refractivity contribution in [2.45, 2.75) is 25.8 Å². The second kappa shape index (κ2) is 7.29. The highest BCUT2D eigenvalue weighted by molar-refractivity contribution is 5.89. The SMILES string of the molecule is C[C@H](CCOc1ccccc1)C(=O)N(C)[C@@H]1CCN(C)C1=O. The van der Waals surface area contributed by atoms with Crippen molar-refractivity contribution in [3.63, 3.8) is 0 Å². The molecule has 2 atom stereocenters. The summed E-state index contributed by atoms with van der Waals surface area (Å²) in [5.74, 6) is 0.685. The summed E-state index contributed by atoms with van der Waals surface area (Å²) in [5, 5.41) is 0. The van der Waals surface area contributed by atoms with Crippen LogP contribution in [0.5, 0.6) is 5.75 Å². The summed E-state index contributed by atoms with van der Waals surface area (Å²) in [4.78, 5) is 27.7. The van der Waals surface area contributed by atoms with Crippen LogP contribution in [0.3, 0.4) is 0 Å². The van der Waals surface area contributed by atoms with Gasteiger partial charge in [0, 0.05) is 26.6 Å². The van der Waals surface area contributed by atoms with Crippen LogP contribution in [0.1, 0.15) is 19.8 Å². The van der Waals surface area contributed by atoms with Crippen molar-refractivity contribution in [3.05, 3.63) is 30.3 Å². The minimum absolute atomic E-state index is 0.00492. The van der Waals surface area contributed by atoms with Gasteiger partial charge in [-0.25, -0.2) is 0 Å². The molecule has 1 saturated heterocycles. The third-order valence-electron chi connectivity index (χ3n) is 4.20. The van der Waals surface area contributed by atoms with E-state index in [2.05, 4.69) is 0 Å². The van der Waals surface area contributed by atoms with Gasteiger partial charge in [0.2, 0.25) is 11.8 Å². The monoisotopic (exact) mass is 304 g/mol. The molecule has 1 aromatic carbocycles. The van der Waals surface area contributed by atoms with E-state index in [1.807, 2.05) is 37.3 Å². The van der Waals surface area contributed by atoms with E-state index in [9.17, 15) is 9.59 Å². The standard InChI is InChI=1S/C17H24N2O3/c1-13(10-12-22-14-7-5-4-6-8-14)16(20)19(3)15-9-11-18(2)17(15)21/h4-8,13,15H,9-12H2,1-3H3/t13-,15-/m1/s1. The molecule has 1 aromatic rings. The molecule has 5 nitrogen and oxygen atoms in total. The fourth-order valence-corrected chi connectivity index (χ4v) is 2.66. The maximum absolute atomic E-state index is 12.4. The highest BCUT2D eigenvalue weighted by atomic mass is 16.5. The van der Waals surface area contributed by atoms with Crippen LogP contribution < -0.4 is 4.74 Å². The number of hydrogen-bond acceptors (Lipinski definition) is 3. The number of nitrogens with zero attached hydrogens (tertiary/aromatic N) is 2. The number of amides is 2. The molecule has 2 amide bonds. The first-order chi connectivity index (χ1) is 10.5. The number of para-hydroxylation sites is 1. The van der Waals surface area contributed by atoms with Crippen molar-refractivity contribution in [3.8, 4) is 5.75 Å². The molecule has 0 aliphatic carbocycles. The zero-order chi connectivity index (χ0) is 16.1. The Balaban J connectivity index is 1.80. The Morgan fingerprint density at radius 1 is 1.41 bits per heavy atom. The molecule has 0 N–H and O–H groups in total. The quantitative estimate of drug-likeness (QED) is 0.805. The molecule has 1 aliphatic heterocycles. The van der Waals surface area contributed by atoms with E-state index in [-0.39, 0.29) is 23.8 Å². The van der Waals surface area contributed by atoms with Gasteiger partial charge in [-0.2, -0.15) is 0 Å². The van der Waals surface area contributed by atoms with Crippen LogP contribution >= 0.6 is 0 Å². The van der Waals surface area contributed by atoms with Gasteiger partial charge in [0.25, 0.3) is 0 Å². The molecular weight excluding hydrogens is 280 g/mol. The molecule has 0 unspecified atom stereocenters. The molecule has 1 fully saturated rings. The second-order valence-electron chi connectivity index (χ2n) is 5.86.